The average molecular weight is 200 g/mol. The van der Waals surface area contributed by atoms with Gasteiger partial charge >= 0.3 is 0 Å². The third-order valence-electron chi connectivity index (χ3n) is 0.382. The van der Waals surface area contributed by atoms with E-state index in [2.05, 4.69) is 66.2 Å². The Kier molecular flexibility index (Phi) is 526. The van der Waals surface area contributed by atoms with Gasteiger partial charge in [0.25, 0.3) is 0 Å². The van der Waals surface area contributed by atoms with Gasteiger partial charge in [-0.1, -0.05) is 0 Å². The van der Waals surface area contributed by atoms with E-state index in [0.29, 0.717) is 0 Å². The second-order valence-electron chi connectivity index (χ2n) is 0.893. The van der Waals surface area contributed by atoms with Gasteiger partial charge in [-0.05, 0) is 0 Å². The Morgan fingerprint density at radius 1 is 0.846 bits per heavy atom. The third-order valence-corrected chi connectivity index (χ3v) is 1.15. The van der Waals surface area contributed by atoms with Crippen molar-refractivity contribution in [2.45, 2.75) is 6.42 Å². The lowest BCUT2D eigenvalue weighted by molar-refractivity contribution is 1.24. The van der Waals surface area contributed by atoms with Crippen molar-refractivity contribution in [2.24, 2.45) is 0 Å². The molecule has 0 aliphatic heterocycles. The highest BCUT2D eigenvalue weighted by molar-refractivity contribution is 7.36. The Morgan fingerprint density at radius 2 is 1.08 bits per heavy atom. The summed E-state index contributed by atoms with van der Waals surface area (Å²) in [5.41, 5.74) is 0. The van der Waals surface area contributed by atoms with Crippen LogP contribution in [-0.4, -0.2) is 12.8 Å². The molecule has 0 fully saturated rings. The van der Waals surface area contributed by atoms with Crippen LogP contribution in [0.4, 0.5) is 0 Å². The second-order valence-corrected chi connectivity index (χ2v) is 1.97. The van der Waals surface area contributed by atoms with Gasteiger partial charge in [0.05, 0.1) is 13.3 Å². The van der Waals surface area contributed by atoms with Crippen LogP contribution in [0.5, 0.6) is 0 Å². The first kappa shape index (κ1) is 29.5. The van der Waals surface area contributed by atoms with Gasteiger partial charge in [0, 0.05) is 0 Å². The Morgan fingerprint density at radius 3 is 1.08 bits per heavy atom. The van der Waals surface area contributed by atoms with Crippen LogP contribution in [0.1, 0.15) is 6.42 Å². The first-order valence-electron chi connectivity index (χ1n) is 3.76. The van der Waals surface area contributed by atoms with E-state index < -0.39 is 0 Å². The van der Waals surface area contributed by atoms with Crippen molar-refractivity contribution >= 4 is 8.58 Å². The summed E-state index contributed by atoms with van der Waals surface area (Å²) in [4.78, 5) is 0. The lowest BCUT2D eigenvalue weighted by atomic mass is 10.6. The van der Waals surface area contributed by atoms with Gasteiger partial charge in [-0.3, -0.25) is 0 Å². The molecule has 0 atom stereocenters. The molecular formula is C12H25P. The monoisotopic (exact) mass is 200 g/mol. The molecule has 0 aromatic rings. The van der Waals surface area contributed by atoms with Crippen LogP contribution < -0.4 is 0 Å². The molecule has 0 nitrogen and oxygen atoms in total. The quantitative estimate of drug-likeness (QED) is 0.334. The molecule has 1 heteroatoms. The van der Waals surface area contributed by atoms with Gasteiger partial charge < -0.3 is 8.58 Å². The van der Waals surface area contributed by atoms with Gasteiger partial charge in [-0.15, -0.1) is 58.8 Å². The van der Waals surface area contributed by atoms with Crippen LogP contribution in [0.2, 0.25) is 0 Å². The first-order valence-corrected chi connectivity index (χ1v) is 5.29. The molecule has 0 bridgehead atoms. The summed E-state index contributed by atoms with van der Waals surface area (Å²) in [6.07, 6.45) is 2.33. The van der Waals surface area contributed by atoms with Crippen molar-refractivity contribution in [1.29, 1.82) is 0 Å². The van der Waals surface area contributed by atoms with E-state index in [0.717, 1.165) is 6.42 Å². The van der Waals surface area contributed by atoms with Crippen LogP contribution >= 0.6 is 8.58 Å². The zero-order chi connectivity index (χ0) is 12.1. The maximum atomic E-state index is 3.67. The average Bonchev–Trinajstić information content (AvgIpc) is 2.30. The Hall–Kier alpha value is -0.740. The van der Waals surface area contributed by atoms with Crippen LogP contribution in [0.15, 0.2) is 52.6 Å². The lowest BCUT2D eigenvalue weighted by Crippen LogP contribution is -1.62. The zero-order valence-electron chi connectivity index (χ0n) is 9.23. The highest BCUT2D eigenvalue weighted by Gasteiger charge is 1.61. The topological polar surface area (TPSA) is 0 Å². The molecule has 78 valence electrons. The molecule has 13 heavy (non-hydrogen) atoms. The Labute approximate surface area is 87.9 Å². The van der Waals surface area contributed by atoms with Gasteiger partial charge in [0.1, 0.15) is 0 Å². The minimum atomic E-state index is 1.08. The molecular weight excluding hydrogens is 175 g/mol. The second kappa shape index (κ2) is 232. The summed E-state index contributed by atoms with van der Waals surface area (Å²) in [7, 11) is 1.47. The summed E-state index contributed by atoms with van der Waals surface area (Å²) in [6, 6.07) is 0. The van der Waals surface area contributed by atoms with Gasteiger partial charge in [-0.25, -0.2) is 0 Å². The molecule has 0 aromatic heterocycles. The summed E-state index contributed by atoms with van der Waals surface area (Å²) in [6.45, 7) is 29.8. The Balaban J connectivity index is -0.0000000230. The normalized spacial score (nSPS) is 5.31. The standard InChI is InChI=1S/C4H9P.4C2H4/c1-3-4-5-2;4*1-2/h1,3-4H2,2H3;4*1-2H2. The summed E-state index contributed by atoms with van der Waals surface area (Å²) >= 11 is 0. The van der Waals surface area contributed by atoms with Crippen LogP contribution in [-0.2, 0) is 0 Å². The van der Waals surface area contributed by atoms with E-state index >= 15 is 0 Å². The molecule has 0 spiro atoms. The van der Waals surface area contributed by atoms with Crippen LogP contribution in [0.3, 0.4) is 0 Å². The van der Waals surface area contributed by atoms with E-state index in [1.165, 1.54) is 14.7 Å². The minimum Gasteiger partial charge on any atom is -0.539 e. The van der Waals surface area contributed by atoms with Crippen molar-refractivity contribution in [3.63, 3.8) is 0 Å². The van der Waals surface area contributed by atoms with Gasteiger partial charge in [0.15, 0.2) is 0 Å². The minimum absolute atomic E-state index is 1.08. The summed E-state index contributed by atoms with van der Waals surface area (Å²) < 4.78 is 0. The number of rotatable bonds is 2. The van der Waals surface area contributed by atoms with Crippen LogP contribution in [0.25, 0.3) is 0 Å². The molecule has 0 saturated carbocycles. The lowest BCUT2D eigenvalue weighted by Gasteiger charge is -1.96. The largest absolute Gasteiger partial charge is 0.539 e. The van der Waals surface area contributed by atoms with Crippen molar-refractivity contribution in [3.05, 3.63) is 59.6 Å². The molecule has 0 heterocycles. The molecule has 0 N–H and O–H groups in total. The van der Waals surface area contributed by atoms with Crippen LogP contribution in [0, 0.1) is 6.92 Å². The molecule has 0 radical (unpaired) electrons. The molecule has 0 aliphatic rings. The fraction of sp³-hybridized carbons (Fsp3) is 0.250. The van der Waals surface area contributed by atoms with Crippen molar-refractivity contribution in [2.75, 3.05) is 12.8 Å². The van der Waals surface area contributed by atoms with E-state index in [4.69, 9.17) is 0 Å². The number of hydrogen-bond donors (Lipinski definition) is 0. The summed E-state index contributed by atoms with van der Waals surface area (Å²) in [5, 5.41) is 0. The molecule has 0 amide bonds. The molecule has 0 aromatic carbocycles. The van der Waals surface area contributed by atoms with E-state index in [-0.39, 0.29) is 0 Å². The highest BCUT2D eigenvalue weighted by atomic mass is 31.1. The van der Waals surface area contributed by atoms with Crippen molar-refractivity contribution in [3.8, 4) is 0 Å². The van der Waals surface area contributed by atoms with Gasteiger partial charge in [-0.2, -0.15) is 6.66 Å². The predicted octanol–water partition coefficient (Wildman–Crippen LogP) is 5.00. The maximum Gasteiger partial charge on any atom is 0.0593 e. The molecule has 0 rings (SSSR count). The first-order chi connectivity index (χ1) is 6.41. The number of hydrogen-bond acceptors (Lipinski definition) is 0. The van der Waals surface area contributed by atoms with Crippen molar-refractivity contribution in [1.82, 2.24) is 0 Å². The third kappa shape index (κ3) is 608. The van der Waals surface area contributed by atoms with E-state index in [1.807, 2.05) is 0 Å². The zero-order valence-corrected chi connectivity index (χ0v) is 10.1. The Bertz CT molecular complexity index is 34.4. The highest BCUT2D eigenvalue weighted by Crippen LogP contribution is 2.00. The van der Waals surface area contributed by atoms with Gasteiger partial charge in [0.2, 0.25) is 0 Å². The molecule has 0 aliphatic carbocycles. The smallest absolute Gasteiger partial charge is 0.0593 e. The van der Waals surface area contributed by atoms with E-state index in [9.17, 15) is 0 Å². The fourth-order valence-electron chi connectivity index (χ4n) is 0.158. The maximum absolute atomic E-state index is 3.67. The SMILES string of the molecule is C=C.C=C.C=C.C=C.[CH2+]CC[P-]C. The van der Waals surface area contributed by atoms with Crippen molar-refractivity contribution < 1.29 is 0 Å². The fourth-order valence-corrected chi connectivity index (χ4v) is 0.474. The molecule has 0 saturated heterocycles. The summed E-state index contributed by atoms with van der Waals surface area (Å²) in [5.74, 6) is 0. The predicted molar refractivity (Wildman–Crippen MR) is 72.7 cm³/mol. The van der Waals surface area contributed by atoms with E-state index in [1.54, 1.807) is 0 Å². The molecule has 0 unspecified atom stereocenters.